The monoisotopic (exact) mass is 232 g/mol. The molecule has 0 spiro atoms. The molecular formula is C10H16O6. The molecule has 0 amide bonds. The van der Waals surface area contributed by atoms with E-state index in [9.17, 15) is 14.4 Å². The van der Waals surface area contributed by atoms with Gasteiger partial charge in [0.2, 0.25) is 0 Å². The van der Waals surface area contributed by atoms with Gasteiger partial charge in [-0.25, -0.2) is 9.59 Å². The smallest absolute Gasteiger partial charge is 0.328 e. The van der Waals surface area contributed by atoms with Crippen LogP contribution in [-0.2, 0) is 19.1 Å². The zero-order valence-corrected chi connectivity index (χ0v) is 9.30. The maximum Gasteiger partial charge on any atom is 0.328 e. The third kappa shape index (κ3) is 22.7. The zero-order valence-electron chi connectivity index (χ0n) is 9.30. The number of carbonyl (C=O) groups excluding carboxylic acids is 1. The van der Waals surface area contributed by atoms with E-state index in [1.165, 1.54) is 6.92 Å². The van der Waals surface area contributed by atoms with E-state index in [0.717, 1.165) is 12.8 Å². The minimum Gasteiger partial charge on any atom is -0.478 e. The molecule has 0 radical (unpaired) electrons. The van der Waals surface area contributed by atoms with E-state index >= 15 is 0 Å². The molecule has 0 unspecified atom stereocenters. The zero-order chi connectivity index (χ0) is 13.0. The Morgan fingerprint density at radius 2 is 1.56 bits per heavy atom. The highest BCUT2D eigenvalue weighted by Crippen LogP contribution is 1.86. The van der Waals surface area contributed by atoms with Gasteiger partial charge in [0.1, 0.15) is 0 Å². The third-order valence-corrected chi connectivity index (χ3v) is 1.17. The van der Waals surface area contributed by atoms with E-state index in [0.29, 0.717) is 18.8 Å². The summed E-state index contributed by atoms with van der Waals surface area (Å²) in [5.41, 5.74) is 0. The number of rotatable bonds is 5. The Kier molecular flexibility index (Phi) is 11.6. The van der Waals surface area contributed by atoms with Crippen LogP contribution in [0.25, 0.3) is 0 Å². The number of aliphatic carboxylic acids is 2. The lowest BCUT2D eigenvalue weighted by Crippen LogP contribution is -1.99. The average molecular weight is 232 g/mol. The van der Waals surface area contributed by atoms with Crippen molar-refractivity contribution < 1.29 is 29.3 Å². The van der Waals surface area contributed by atoms with Crippen LogP contribution in [0.5, 0.6) is 0 Å². The highest BCUT2D eigenvalue weighted by molar-refractivity contribution is 5.89. The molecule has 6 nitrogen and oxygen atoms in total. The first-order valence-electron chi connectivity index (χ1n) is 4.67. The number of esters is 1. The predicted molar refractivity (Wildman–Crippen MR) is 56.0 cm³/mol. The molecule has 0 aromatic heterocycles. The Bertz CT molecular complexity index is 240. The second kappa shape index (κ2) is 11.2. The summed E-state index contributed by atoms with van der Waals surface area (Å²) in [5.74, 6) is -2.70. The van der Waals surface area contributed by atoms with Crippen molar-refractivity contribution in [2.24, 2.45) is 0 Å². The van der Waals surface area contributed by atoms with E-state index in [-0.39, 0.29) is 5.97 Å². The molecule has 0 aliphatic carbocycles. The molecule has 0 rings (SSSR count). The van der Waals surface area contributed by atoms with Gasteiger partial charge in [-0.2, -0.15) is 0 Å². The second-order valence-electron chi connectivity index (χ2n) is 2.70. The maximum atomic E-state index is 10.1. The van der Waals surface area contributed by atoms with Gasteiger partial charge in [-0.3, -0.25) is 4.79 Å². The van der Waals surface area contributed by atoms with Gasteiger partial charge in [0.05, 0.1) is 6.61 Å². The Morgan fingerprint density at radius 1 is 1.12 bits per heavy atom. The largest absolute Gasteiger partial charge is 0.478 e. The number of carboxylic acid groups (broad SMARTS) is 2. The third-order valence-electron chi connectivity index (χ3n) is 1.17. The van der Waals surface area contributed by atoms with Crippen molar-refractivity contribution in [2.45, 2.75) is 26.7 Å². The molecular weight excluding hydrogens is 216 g/mol. The molecule has 0 aliphatic heterocycles. The fraction of sp³-hybridized carbons (Fsp3) is 0.500. The van der Waals surface area contributed by atoms with Crippen LogP contribution in [0.15, 0.2) is 12.2 Å². The van der Waals surface area contributed by atoms with E-state index < -0.39 is 11.9 Å². The summed E-state index contributed by atoms with van der Waals surface area (Å²) in [6.45, 7) is 4.06. The number of unbranched alkanes of at least 4 members (excludes halogenated alkanes) is 1. The van der Waals surface area contributed by atoms with Crippen molar-refractivity contribution >= 4 is 17.9 Å². The molecule has 2 N–H and O–H groups in total. The molecule has 0 aromatic rings. The summed E-state index contributed by atoms with van der Waals surface area (Å²) in [4.78, 5) is 29.2. The lowest BCUT2D eigenvalue weighted by molar-refractivity contribution is -0.141. The van der Waals surface area contributed by atoms with Crippen LogP contribution in [0.4, 0.5) is 0 Å². The SMILES string of the molecule is CCCCOC(C)=O.O=C(O)/C=C/C(=O)O. The van der Waals surface area contributed by atoms with Gasteiger partial charge in [0.15, 0.2) is 0 Å². The molecule has 0 heterocycles. The molecule has 0 aliphatic rings. The number of carboxylic acids is 2. The van der Waals surface area contributed by atoms with Crippen LogP contribution in [0.3, 0.4) is 0 Å². The summed E-state index contributed by atoms with van der Waals surface area (Å²) in [6.07, 6.45) is 3.16. The van der Waals surface area contributed by atoms with Crippen molar-refractivity contribution in [3.8, 4) is 0 Å². The fourth-order valence-electron chi connectivity index (χ4n) is 0.503. The van der Waals surface area contributed by atoms with Crippen LogP contribution in [0.2, 0.25) is 0 Å². The van der Waals surface area contributed by atoms with Gasteiger partial charge in [-0.15, -0.1) is 0 Å². The minimum atomic E-state index is -1.26. The van der Waals surface area contributed by atoms with E-state index in [4.69, 9.17) is 10.2 Å². The van der Waals surface area contributed by atoms with Gasteiger partial charge in [-0.05, 0) is 6.42 Å². The topological polar surface area (TPSA) is 101 Å². The number of hydrogen-bond donors (Lipinski definition) is 2. The standard InChI is InChI=1S/C6H12O2.C4H4O4/c1-3-4-5-8-6(2)7;5-3(6)1-2-4(7)8/h3-5H2,1-2H3;1-2H,(H,5,6)(H,7,8)/b;2-1+. The number of carbonyl (C=O) groups is 3. The predicted octanol–water partition coefficient (Wildman–Crippen LogP) is 1.06. The normalized spacial score (nSPS) is 9.12. The van der Waals surface area contributed by atoms with Crippen LogP contribution >= 0.6 is 0 Å². The van der Waals surface area contributed by atoms with E-state index in [1.54, 1.807) is 0 Å². The van der Waals surface area contributed by atoms with Crippen molar-refractivity contribution in [3.63, 3.8) is 0 Å². The van der Waals surface area contributed by atoms with Gasteiger partial charge in [0.25, 0.3) is 0 Å². The second-order valence-corrected chi connectivity index (χ2v) is 2.70. The van der Waals surface area contributed by atoms with Crippen LogP contribution in [0.1, 0.15) is 26.7 Å². The summed E-state index contributed by atoms with van der Waals surface area (Å²) in [5, 5.41) is 15.6. The minimum absolute atomic E-state index is 0.182. The Labute approximate surface area is 93.5 Å². The van der Waals surface area contributed by atoms with Crippen LogP contribution in [0, 0.1) is 0 Å². The Morgan fingerprint density at radius 3 is 1.81 bits per heavy atom. The number of ether oxygens (including phenoxy) is 1. The van der Waals surface area contributed by atoms with Gasteiger partial charge < -0.3 is 14.9 Å². The lowest BCUT2D eigenvalue weighted by atomic mass is 10.4. The molecule has 0 atom stereocenters. The van der Waals surface area contributed by atoms with Crippen LogP contribution in [-0.4, -0.2) is 34.7 Å². The summed E-state index contributed by atoms with van der Waals surface area (Å²) < 4.78 is 4.64. The summed E-state index contributed by atoms with van der Waals surface area (Å²) >= 11 is 0. The van der Waals surface area contributed by atoms with Crippen molar-refractivity contribution in [1.82, 2.24) is 0 Å². The Balaban J connectivity index is 0. The first-order chi connectivity index (χ1) is 7.40. The molecule has 6 heteroatoms. The number of hydrogen-bond acceptors (Lipinski definition) is 4. The van der Waals surface area contributed by atoms with E-state index in [2.05, 4.69) is 11.7 Å². The quantitative estimate of drug-likeness (QED) is 0.417. The van der Waals surface area contributed by atoms with Gasteiger partial charge >= 0.3 is 17.9 Å². The van der Waals surface area contributed by atoms with Crippen molar-refractivity contribution in [3.05, 3.63) is 12.2 Å². The van der Waals surface area contributed by atoms with E-state index in [1.807, 2.05) is 0 Å². The van der Waals surface area contributed by atoms with Gasteiger partial charge in [0, 0.05) is 19.1 Å². The summed E-state index contributed by atoms with van der Waals surface area (Å²) in [7, 11) is 0. The molecule has 92 valence electrons. The molecule has 0 saturated carbocycles. The van der Waals surface area contributed by atoms with Crippen molar-refractivity contribution in [1.29, 1.82) is 0 Å². The van der Waals surface area contributed by atoms with Crippen molar-refractivity contribution in [2.75, 3.05) is 6.61 Å². The summed E-state index contributed by atoms with van der Waals surface area (Å²) in [6, 6.07) is 0. The molecule has 16 heavy (non-hydrogen) atoms. The lowest BCUT2D eigenvalue weighted by Gasteiger charge is -1.96. The highest BCUT2D eigenvalue weighted by atomic mass is 16.5. The molecule has 0 aromatic carbocycles. The first kappa shape index (κ1) is 16.6. The maximum absolute atomic E-state index is 10.1. The molecule has 0 bridgehead atoms. The fourth-order valence-corrected chi connectivity index (χ4v) is 0.503. The molecule has 0 saturated heterocycles. The first-order valence-corrected chi connectivity index (χ1v) is 4.67. The average Bonchev–Trinajstić information content (AvgIpc) is 2.16. The van der Waals surface area contributed by atoms with Gasteiger partial charge in [-0.1, -0.05) is 13.3 Å². The Hall–Kier alpha value is -1.85. The highest BCUT2D eigenvalue weighted by Gasteiger charge is 1.88. The van der Waals surface area contributed by atoms with Crippen LogP contribution < -0.4 is 0 Å². The molecule has 0 fully saturated rings.